The fraction of sp³-hybridized carbons (Fsp3) is 0.150. The van der Waals surface area contributed by atoms with Crippen LogP contribution in [-0.4, -0.2) is 15.9 Å². The molecule has 0 saturated carbocycles. The van der Waals surface area contributed by atoms with Crippen LogP contribution in [0.25, 0.3) is 21.7 Å². The van der Waals surface area contributed by atoms with E-state index in [1.165, 1.54) is 0 Å². The number of hydrogen-bond donors (Lipinski definition) is 1. The molecule has 0 spiro atoms. The molecule has 0 aliphatic rings. The van der Waals surface area contributed by atoms with Crippen LogP contribution in [0.3, 0.4) is 0 Å². The van der Waals surface area contributed by atoms with Crippen LogP contribution in [0.4, 0.5) is 0 Å². The van der Waals surface area contributed by atoms with E-state index in [2.05, 4.69) is 22.2 Å². The topological polar surface area (TPSA) is 68.0 Å². The minimum Gasteiger partial charge on any atom is -0.463 e. The highest BCUT2D eigenvalue weighted by Crippen LogP contribution is 2.24. The zero-order valence-corrected chi connectivity index (χ0v) is 15.0. The van der Waals surface area contributed by atoms with Gasteiger partial charge in [-0.3, -0.25) is 9.78 Å². The Morgan fingerprint density at radius 2 is 2.15 bits per heavy atom. The van der Waals surface area contributed by atoms with Crippen molar-refractivity contribution in [3.05, 3.63) is 71.1 Å². The van der Waals surface area contributed by atoms with Gasteiger partial charge >= 0.3 is 0 Å². The number of carbonyl (C=O) groups is 1. The summed E-state index contributed by atoms with van der Waals surface area (Å²) in [5.41, 5.74) is 3.22. The maximum atomic E-state index is 12.6. The number of hydrogen-bond acceptors (Lipinski definition) is 5. The predicted molar refractivity (Wildman–Crippen MR) is 102 cm³/mol. The summed E-state index contributed by atoms with van der Waals surface area (Å²) >= 11 is 1.63. The quantitative estimate of drug-likeness (QED) is 0.569. The van der Waals surface area contributed by atoms with E-state index in [4.69, 9.17) is 4.42 Å². The van der Waals surface area contributed by atoms with E-state index in [1.54, 1.807) is 23.8 Å². The molecule has 4 aromatic rings. The van der Waals surface area contributed by atoms with Gasteiger partial charge in [0, 0.05) is 23.9 Å². The number of amides is 1. The van der Waals surface area contributed by atoms with E-state index >= 15 is 0 Å². The van der Waals surface area contributed by atoms with E-state index in [9.17, 15) is 4.79 Å². The average molecular weight is 363 g/mol. The van der Waals surface area contributed by atoms with Gasteiger partial charge in [-0.1, -0.05) is 13.0 Å². The predicted octanol–water partition coefficient (Wildman–Crippen LogP) is 4.44. The molecule has 0 fully saturated rings. The molecule has 1 amide bonds. The molecule has 0 unspecified atom stereocenters. The minimum absolute atomic E-state index is 0.118. The van der Waals surface area contributed by atoms with E-state index in [1.807, 2.05) is 42.5 Å². The molecule has 0 radical (unpaired) electrons. The lowest BCUT2D eigenvalue weighted by Gasteiger charge is -2.08. The fourth-order valence-electron chi connectivity index (χ4n) is 2.76. The van der Waals surface area contributed by atoms with Crippen molar-refractivity contribution >= 4 is 27.5 Å². The van der Waals surface area contributed by atoms with Gasteiger partial charge in [0.15, 0.2) is 5.76 Å². The molecule has 6 heteroatoms. The van der Waals surface area contributed by atoms with Gasteiger partial charge in [0.25, 0.3) is 5.91 Å². The third-order valence-electron chi connectivity index (χ3n) is 4.08. The molecule has 130 valence electrons. The van der Waals surface area contributed by atoms with E-state index in [0.717, 1.165) is 32.9 Å². The molecule has 0 saturated heterocycles. The molecule has 0 atom stereocenters. The van der Waals surface area contributed by atoms with Crippen LogP contribution in [0.5, 0.6) is 0 Å². The van der Waals surface area contributed by atoms with Gasteiger partial charge in [-0.2, -0.15) is 0 Å². The Bertz CT molecular complexity index is 1050. The first kappa shape index (κ1) is 16.5. The van der Waals surface area contributed by atoms with Crippen LogP contribution in [0.15, 0.2) is 59.3 Å². The largest absolute Gasteiger partial charge is 0.463 e. The number of rotatable bonds is 5. The number of aryl methyl sites for hydroxylation is 1. The molecule has 4 rings (SSSR count). The Labute approximate surface area is 154 Å². The number of carbonyl (C=O) groups excluding carboxylic acids is 1. The Morgan fingerprint density at radius 1 is 1.23 bits per heavy atom. The Balaban J connectivity index is 1.53. The molecule has 3 aromatic heterocycles. The lowest BCUT2D eigenvalue weighted by Crippen LogP contribution is -2.23. The SMILES string of the molecule is CCc1nc2ccc(C(=O)NCc3cccnc3-c3ccco3)cc2s1. The van der Waals surface area contributed by atoms with Crippen molar-refractivity contribution in [1.29, 1.82) is 0 Å². The molecular formula is C20H17N3O2S. The summed E-state index contributed by atoms with van der Waals surface area (Å²) in [7, 11) is 0. The van der Waals surface area contributed by atoms with Gasteiger partial charge in [-0.25, -0.2) is 4.98 Å². The van der Waals surface area contributed by atoms with Crippen molar-refractivity contribution < 1.29 is 9.21 Å². The fourth-order valence-corrected chi connectivity index (χ4v) is 3.71. The lowest BCUT2D eigenvalue weighted by molar-refractivity contribution is 0.0951. The number of nitrogens with zero attached hydrogens (tertiary/aromatic N) is 2. The maximum absolute atomic E-state index is 12.6. The number of benzene rings is 1. The maximum Gasteiger partial charge on any atom is 0.251 e. The van der Waals surface area contributed by atoms with Crippen molar-refractivity contribution in [2.24, 2.45) is 0 Å². The Kier molecular flexibility index (Phi) is 4.50. The smallest absolute Gasteiger partial charge is 0.251 e. The second-order valence-corrected chi connectivity index (χ2v) is 6.93. The van der Waals surface area contributed by atoms with Gasteiger partial charge < -0.3 is 9.73 Å². The number of fused-ring (bicyclic) bond motifs is 1. The molecule has 26 heavy (non-hydrogen) atoms. The van der Waals surface area contributed by atoms with Crippen LogP contribution >= 0.6 is 11.3 Å². The molecule has 0 aliphatic carbocycles. The first-order valence-electron chi connectivity index (χ1n) is 8.40. The highest BCUT2D eigenvalue weighted by atomic mass is 32.1. The van der Waals surface area contributed by atoms with Crippen LogP contribution in [0, 0.1) is 0 Å². The van der Waals surface area contributed by atoms with Gasteiger partial charge in [0.05, 0.1) is 21.5 Å². The van der Waals surface area contributed by atoms with E-state index < -0.39 is 0 Å². The van der Waals surface area contributed by atoms with Crippen molar-refractivity contribution in [3.8, 4) is 11.5 Å². The number of furan rings is 1. The molecular weight excluding hydrogens is 346 g/mol. The van der Waals surface area contributed by atoms with Crippen molar-refractivity contribution in [1.82, 2.24) is 15.3 Å². The summed E-state index contributed by atoms with van der Waals surface area (Å²) in [6.07, 6.45) is 4.23. The Morgan fingerprint density at radius 3 is 2.96 bits per heavy atom. The monoisotopic (exact) mass is 363 g/mol. The van der Waals surface area contributed by atoms with Crippen molar-refractivity contribution in [2.75, 3.05) is 0 Å². The first-order valence-corrected chi connectivity index (χ1v) is 9.21. The van der Waals surface area contributed by atoms with Crippen LogP contribution < -0.4 is 5.32 Å². The third-order valence-corrected chi connectivity index (χ3v) is 5.25. The van der Waals surface area contributed by atoms with Gasteiger partial charge in [-0.15, -0.1) is 11.3 Å². The molecule has 1 N–H and O–H groups in total. The summed E-state index contributed by atoms with van der Waals surface area (Å²) in [5.74, 6) is 0.570. The van der Waals surface area contributed by atoms with Crippen LogP contribution in [-0.2, 0) is 13.0 Å². The van der Waals surface area contributed by atoms with E-state index in [-0.39, 0.29) is 5.91 Å². The van der Waals surface area contributed by atoms with Crippen molar-refractivity contribution in [3.63, 3.8) is 0 Å². The van der Waals surface area contributed by atoms with Crippen molar-refractivity contribution in [2.45, 2.75) is 19.9 Å². The number of nitrogens with one attached hydrogen (secondary N) is 1. The second-order valence-electron chi connectivity index (χ2n) is 5.81. The summed E-state index contributed by atoms with van der Waals surface area (Å²) < 4.78 is 6.47. The van der Waals surface area contributed by atoms with Gasteiger partial charge in [-0.05, 0) is 42.8 Å². The molecule has 1 aromatic carbocycles. The number of thiazole rings is 1. The molecule has 0 bridgehead atoms. The lowest BCUT2D eigenvalue weighted by atomic mass is 10.1. The number of pyridine rings is 1. The normalized spacial score (nSPS) is 11.0. The summed E-state index contributed by atoms with van der Waals surface area (Å²) in [5, 5.41) is 4.05. The Hall–Kier alpha value is -2.99. The minimum atomic E-state index is -0.118. The average Bonchev–Trinajstić information content (AvgIpc) is 3.35. The van der Waals surface area contributed by atoms with Gasteiger partial charge in [0.2, 0.25) is 0 Å². The summed E-state index contributed by atoms with van der Waals surface area (Å²) in [4.78, 5) is 21.5. The van der Waals surface area contributed by atoms with E-state index in [0.29, 0.717) is 17.9 Å². The van der Waals surface area contributed by atoms with Crippen LogP contribution in [0.2, 0.25) is 0 Å². The number of aromatic nitrogens is 2. The van der Waals surface area contributed by atoms with Gasteiger partial charge in [0.1, 0.15) is 5.69 Å². The highest BCUT2D eigenvalue weighted by Gasteiger charge is 2.12. The highest BCUT2D eigenvalue weighted by molar-refractivity contribution is 7.18. The molecule has 3 heterocycles. The first-order chi connectivity index (χ1) is 12.7. The summed E-state index contributed by atoms with van der Waals surface area (Å²) in [6, 6.07) is 13.1. The zero-order chi connectivity index (χ0) is 17.9. The second kappa shape index (κ2) is 7.09. The molecule has 0 aliphatic heterocycles. The summed E-state index contributed by atoms with van der Waals surface area (Å²) in [6.45, 7) is 2.46. The molecule has 5 nitrogen and oxygen atoms in total. The zero-order valence-electron chi connectivity index (χ0n) is 14.2. The third kappa shape index (κ3) is 3.23. The van der Waals surface area contributed by atoms with Crippen LogP contribution in [0.1, 0.15) is 27.9 Å². The standard InChI is InChI=1S/C20H17N3O2S/c1-2-18-23-15-8-7-13(11-17(15)26-18)20(24)22-12-14-5-3-9-21-19(14)16-6-4-10-25-16/h3-11H,2,12H2,1H3,(H,22,24).